The van der Waals surface area contributed by atoms with Crippen molar-refractivity contribution in [1.82, 2.24) is 5.32 Å². The summed E-state index contributed by atoms with van der Waals surface area (Å²) in [4.78, 5) is 0. The fourth-order valence-electron chi connectivity index (χ4n) is 1.41. The van der Waals surface area contributed by atoms with Crippen molar-refractivity contribution >= 4 is 27.5 Å². The molecule has 1 nitrogen and oxygen atoms in total. The molecule has 0 spiro atoms. The van der Waals surface area contributed by atoms with Crippen LogP contribution in [0.25, 0.3) is 0 Å². The lowest BCUT2D eigenvalue weighted by Gasteiger charge is -2.15. The number of hydrogen-bond acceptors (Lipinski definition) is 1. The van der Waals surface area contributed by atoms with E-state index in [2.05, 4.69) is 41.2 Å². The number of nitrogens with one attached hydrogen (secondary N) is 1. The number of likely N-dealkylation sites (N-methyl/N-ethyl adjacent to an activating group) is 1. The molecule has 15 heavy (non-hydrogen) atoms. The molecule has 0 fully saturated rings. The second-order valence-electron chi connectivity index (χ2n) is 3.68. The first-order chi connectivity index (χ1) is 7.04. The number of hydrogen-bond donors (Lipinski definition) is 1. The molecule has 82 valence electrons. The van der Waals surface area contributed by atoms with Crippen LogP contribution in [-0.4, -0.2) is 7.05 Å². The predicted octanol–water partition coefficient (Wildman–Crippen LogP) is 4.33. The van der Waals surface area contributed by atoms with E-state index in [0.717, 1.165) is 15.1 Å². The van der Waals surface area contributed by atoms with Crippen molar-refractivity contribution < 1.29 is 0 Å². The average Bonchev–Trinajstić information content (AvgIpc) is 2.18. The van der Waals surface area contributed by atoms with E-state index in [9.17, 15) is 0 Å². The highest BCUT2D eigenvalue weighted by Gasteiger charge is 2.10. The van der Waals surface area contributed by atoms with Gasteiger partial charge in [-0.25, -0.2) is 0 Å². The Kier molecular flexibility index (Phi) is 4.84. The minimum absolute atomic E-state index is 0.167. The lowest BCUT2D eigenvalue weighted by molar-refractivity contribution is 0.709. The molecule has 1 N–H and O–H groups in total. The van der Waals surface area contributed by atoms with Crippen LogP contribution in [-0.2, 0) is 0 Å². The van der Waals surface area contributed by atoms with E-state index in [1.54, 1.807) is 0 Å². The molecule has 0 saturated carbocycles. The Balaban J connectivity index is 3.11. The Morgan fingerprint density at radius 1 is 1.47 bits per heavy atom. The number of halogens is 2. The molecular weight excluding hydrogens is 273 g/mol. The Bertz CT molecular complexity index is 370. The Hall–Kier alpha value is -0.310. The van der Waals surface area contributed by atoms with Gasteiger partial charge in [0, 0.05) is 9.50 Å². The molecule has 0 aliphatic carbocycles. The maximum Gasteiger partial charge on any atom is 0.0521 e. The van der Waals surface area contributed by atoms with Crippen molar-refractivity contribution in [2.75, 3.05) is 7.05 Å². The summed E-state index contributed by atoms with van der Waals surface area (Å²) in [6.07, 6.45) is 2.16. The van der Waals surface area contributed by atoms with Crippen LogP contribution in [0, 0.1) is 0 Å². The SMILES string of the molecule is CNC(C=C(C)C)c1cc(Br)ccc1Cl. The Morgan fingerprint density at radius 2 is 2.13 bits per heavy atom. The van der Waals surface area contributed by atoms with E-state index >= 15 is 0 Å². The summed E-state index contributed by atoms with van der Waals surface area (Å²) in [5.41, 5.74) is 2.36. The highest BCUT2D eigenvalue weighted by atomic mass is 79.9. The maximum absolute atomic E-state index is 6.16. The van der Waals surface area contributed by atoms with Crippen LogP contribution >= 0.6 is 27.5 Å². The molecule has 1 aromatic rings. The molecule has 1 rings (SSSR count). The summed E-state index contributed by atoms with van der Waals surface area (Å²) in [6, 6.07) is 6.06. The van der Waals surface area contributed by atoms with Crippen LogP contribution in [0.4, 0.5) is 0 Å². The molecule has 0 aromatic heterocycles. The van der Waals surface area contributed by atoms with Gasteiger partial charge in [-0.05, 0) is 44.7 Å². The van der Waals surface area contributed by atoms with Gasteiger partial charge in [0.1, 0.15) is 0 Å². The second-order valence-corrected chi connectivity index (χ2v) is 5.00. The van der Waals surface area contributed by atoms with Gasteiger partial charge in [-0.1, -0.05) is 39.2 Å². The third-order valence-corrected chi connectivity index (χ3v) is 2.94. The van der Waals surface area contributed by atoms with Crippen molar-refractivity contribution in [1.29, 1.82) is 0 Å². The van der Waals surface area contributed by atoms with Crippen molar-refractivity contribution in [3.63, 3.8) is 0 Å². The summed E-state index contributed by atoms with van der Waals surface area (Å²) in [5, 5.41) is 4.02. The third kappa shape index (κ3) is 3.63. The first-order valence-electron chi connectivity index (χ1n) is 4.82. The van der Waals surface area contributed by atoms with E-state index in [1.807, 2.05) is 25.2 Å². The molecule has 0 bridgehead atoms. The minimum atomic E-state index is 0.167. The number of benzene rings is 1. The summed E-state index contributed by atoms with van der Waals surface area (Å²) >= 11 is 9.62. The highest BCUT2D eigenvalue weighted by Crippen LogP contribution is 2.27. The third-order valence-electron chi connectivity index (χ3n) is 2.10. The lowest BCUT2D eigenvalue weighted by atomic mass is 10.0. The normalized spacial score (nSPS) is 12.3. The van der Waals surface area contributed by atoms with E-state index < -0.39 is 0 Å². The topological polar surface area (TPSA) is 12.0 Å². The fourth-order valence-corrected chi connectivity index (χ4v) is 2.03. The van der Waals surface area contributed by atoms with Gasteiger partial charge >= 0.3 is 0 Å². The molecule has 0 radical (unpaired) electrons. The molecule has 0 amide bonds. The van der Waals surface area contributed by atoms with Gasteiger partial charge in [0.2, 0.25) is 0 Å². The van der Waals surface area contributed by atoms with E-state index in [1.165, 1.54) is 5.57 Å². The van der Waals surface area contributed by atoms with Gasteiger partial charge in [0.05, 0.1) is 6.04 Å². The van der Waals surface area contributed by atoms with Crippen LogP contribution in [0.1, 0.15) is 25.5 Å². The van der Waals surface area contributed by atoms with Crippen LogP contribution < -0.4 is 5.32 Å². The maximum atomic E-state index is 6.16. The summed E-state index contributed by atoms with van der Waals surface area (Å²) in [6.45, 7) is 4.16. The van der Waals surface area contributed by atoms with Crippen LogP contribution in [0.2, 0.25) is 5.02 Å². The summed E-state index contributed by atoms with van der Waals surface area (Å²) in [7, 11) is 1.93. The van der Waals surface area contributed by atoms with Gasteiger partial charge < -0.3 is 5.32 Å². The second kappa shape index (κ2) is 5.69. The molecule has 1 aromatic carbocycles. The lowest BCUT2D eigenvalue weighted by Crippen LogP contribution is -2.14. The molecule has 3 heteroatoms. The summed E-state index contributed by atoms with van der Waals surface area (Å²) < 4.78 is 1.05. The predicted molar refractivity (Wildman–Crippen MR) is 70.4 cm³/mol. The van der Waals surface area contributed by atoms with Gasteiger partial charge in [0.25, 0.3) is 0 Å². The quantitative estimate of drug-likeness (QED) is 0.816. The standard InChI is InChI=1S/C12H15BrClN/c1-8(2)6-12(15-3)10-7-9(13)4-5-11(10)14/h4-7,12,15H,1-3H3. The molecule has 1 atom stereocenters. The molecule has 1 unspecified atom stereocenters. The van der Waals surface area contributed by atoms with Gasteiger partial charge in [-0.2, -0.15) is 0 Å². The number of rotatable bonds is 3. The summed E-state index contributed by atoms with van der Waals surface area (Å²) in [5.74, 6) is 0. The van der Waals surface area contributed by atoms with Crippen molar-refractivity contribution in [2.45, 2.75) is 19.9 Å². The largest absolute Gasteiger partial charge is 0.310 e. The number of allylic oxidation sites excluding steroid dienone is 1. The zero-order valence-electron chi connectivity index (χ0n) is 9.14. The van der Waals surface area contributed by atoms with Crippen molar-refractivity contribution in [2.24, 2.45) is 0 Å². The van der Waals surface area contributed by atoms with E-state index in [0.29, 0.717) is 0 Å². The minimum Gasteiger partial charge on any atom is -0.310 e. The molecule has 0 aliphatic rings. The van der Waals surface area contributed by atoms with Crippen molar-refractivity contribution in [3.05, 3.63) is 44.9 Å². The van der Waals surface area contributed by atoms with Gasteiger partial charge in [0.15, 0.2) is 0 Å². The van der Waals surface area contributed by atoms with E-state index in [-0.39, 0.29) is 6.04 Å². The zero-order valence-corrected chi connectivity index (χ0v) is 11.5. The first kappa shape index (κ1) is 12.8. The highest BCUT2D eigenvalue weighted by molar-refractivity contribution is 9.10. The molecule has 0 heterocycles. The first-order valence-corrected chi connectivity index (χ1v) is 5.99. The molecular formula is C12H15BrClN. The Morgan fingerprint density at radius 3 is 2.67 bits per heavy atom. The molecule has 0 aliphatic heterocycles. The smallest absolute Gasteiger partial charge is 0.0521 e. The monoisotopic (exact) mass is 287 g/mol. The molecule has 0 saturated heterocycles. The zero-order chi connectivity index (χ0) is 11.4. The average molecular weight is 289 g/mol. The fraction of sp³-hybridized carbons (Fsp3) is 0.333. The van der Waals surface area contributed by atoms with Crippen LogP contribution in [0.15, 0.2) is 34.3 Å². The van der Waals surface area contributed by atoms with Gasteiger partial charge in [-0.15, -0.1) is 0 Å². The van der Waals surface area contributed by atoms with Crippen LogP contribution in [0.5, 0.6) is 0 Å². The van der Waals surface area contributed by atoms with Crippen LogP contribution in [0.3, 0.4) is 0 Å². The van der Waals surface area contributed by atoms with Crippen molar-refractivity contribution in [3.8, 4) is 0 Å². The van der Waals surface area contributed by atoms with Gasteiger partial charge in [-0.3, -0.25) is 0 Å². The Labute approximate surface area is 105 Å². The van der Waals surface area contributed by atoms with E-state index in [4.69, 9.17) is 11.6 Å².